The van der Waals surface area contributed by atoms with Crippen molar-refractivity contribution >= 4 is 12.2 Å². The zero-order chi connectivity index (χ0) is 15.9. The van der Waals surface area contributed by atoms with Crippen molar-refractivity contribution in [3.63, 3.8) is 0 Å². The van der Waals surface area contributed by atoms with Gasteiger partial charge in [0.25, 0.3) is 0 Å². The first-order chi connectivity index (χ1) is 10.6. The molecule has 2 nitrogen and oxygen atoms in total. The van der Waals surface area contributed by atoms with Crippen LogP contribution in [0, 0.1) is 17.9 Å². The van der Waals surface area contributed by atoms with Crippen LogP contribution in [0.2, 0.25) is 0 Å². The van der Waals surface area contributed by atoms with Crippen molar-refractivity contribution in [1.29, 1.82) is 5.26 Å². The minimum absolute atomic E-state index is 0.678. The Morgan fingerprint density at radius 3 is 1.77 bits per heavy atom. The van der Waals surface area contributed by atoms with E-state index in [1.807, 2.05) is 48.6 Å². The van der Waals surface area contributed by atoms with E-state index >= 15 is 0 Å². The highest BCUT2D eigenvalue weighted by atomic mass is 14.6. The first-order valence-corrected chi connectivity index (χ1v) is 6.97. The smallest absolute Gasteiger partial charge is 0.163 e. The number of rotatable bonds is 3. The van der Waals surface area contributed by atoms with E-state index in [9.17, 15) is 0 Å². The van der Waals surface area contributed by atoms with Gasteiger partial charge < -0.3 is 0 Å². The third-order valence-electron chi connectivity index (χ3n) is 3.27. The molecule has 0 aliphatic carbocycles. The van der Waals surface area contributed by atoms with Gasteiger partial charge in [0, 0.05) is 5.57 Å². The molecule has 0 aliphatic rings. The van der Waals surface area contributed by atoms with E-state index in [1.54, 1.807) is 13.8 Å². The van der Waals surface area contributed by atoms with Crippen molar-refractivity contribution in [2.24, 2.45) is 0 Å². The minimum Gasteiger partial charge on any atom is -0.243 e. The normalized spacial score (nSPS) is 11.6. The molecule has 0 bridgehead atoms. The maximum absolute atomic E-state index is 8.79. The van der Waals surface area contributed by atoms with Gasteiger partial charge in [0.1, 0.15) is 0 Å². The summed E-state index contributed by atoms with van der Waals surface area (Å²) in [5.74, 6) is 0. The molecule has 2 heteroatoms. The third-order valence-corrected chi connectivity index (χ3v) is 3.27. The van der Waals surface area contributed by atoms with Gasteiger partial charge in [0.2, 0.25) is 0 Å². The van der Waals surface area contributed by atoms with Gasteiger partial charge in [-0.1, -0.05) is 54.6 Å². The summed E-state index contributed by atoms with van der Waals surface area (Å²) >= 11 is 0. The third kappa shape index (κ3) is 3.95. The van der Waals surface area contributed by atoms with E-state index in [0.29, 0.717) is 11.3 Å². The summed E-state index contributed by atoms with van der Waals surface area (Å²) in [6, 6.07) is 18.4. The van der Waals surface area contributed by atoms with E-state index in [4.69, 9.17) is 11.8 Å². The summed E-state index contributed by atoms with van der Waals surface area (Å²) in [7, 11) is 0. The van der Waals surface area contributed by atoms with Crippen LogP contribution in [0.4, 0.5) is 0 Å². The molecule has 0 fully saturated rings. The fraction of sp³-hybridized carbons (Fsp3) is 0.100. The van der Waals surface area contributed by atoms with Gasteiger partial charge in [-0.05, 0) is 42.2 Å². The Kier molecular flexibility index (Phi) is 4.91. The summed E-state index contributed by atoms with van der Waals surface area (Å²) in [6.07, 6.45) is 3.74. The zero-order valence-corrected chi connectivity index (χ0v) is 12.7. The molecule has 106 valence electrons. The van der Waals surface area contributed by atoms with Crippen LogP contribution in [0.3, 0.4) is 0 Å². The van der Waals surface area contributed by atoms with Gasteiger partial charge in [0.05, 0.1) is 12.6 Å². The highest BCUT2D eigenvalue weighted by molar-refractivity contribution is 5.68. The Balaban J connectivity index is 2.23. The Morgan fingerprint density at radius 2 is 1.36 bits per heavy atom. The van der Waals surface area contributed by atoms with Gasteiger partial charge in [-0.2, -0.15) is 5.26 Å². The van der Waals surface area contributed by atoms with Crippen molar-refractivity contribution in [1.82, 2.24) is 0 Å². The number of nitriles is 1. The Morgan fingerprint density at radius 1 is 0.909 bits per heavy atom. The highest BCUT2D eigenvalue weighted by Crippen LogP contribution is 2.22. The van der Waals surface area contributed by atoms with Gasteiger partial charge in [-0.3, -0.25) is 0 Å². The summed E-state index contributed by atoms with van der Waals surface area (Å²) in [5, 5.41) is 8.79. The fourth-order valence-corrected chi connectivity index (χ4v) is 2.10. The summed E-state index contributed by atoms with van der Waals surface area (Å²) < 4.78 is 0. The van der Waals surface area contributed by atoms with E-state index in [2.05, 4.69) is 23.0 Å². The average Bonchev–Trinajstić information content (AvgIpc) is 2.56. The van der Waals surface area contributed by atoms with Crippen LogP contribution in [0.5, 0.6) is 0 Å². The summed E-state index contributed by atoms with van der Waals surface area (Å²) in [4.78, 5) is 3.39. The van der Waals surface area contributed by atoms with Crippen LogP contribution in [-0.4, -0.2) is 0 Å². The fourth-order valence-electron chi connectivity index (χ4n) is 2.10. The van der Waals surface area contributed by atoms with E-state index in [-0.39, 0.29) is 0 Å². The Hall–Kier alpha value is -3.10. The monoisotopic (exact) mass is 284 g/mol. The van der Waals surface area contributed by atoms with Gasteiger partial charge >= 0.3 is 0 Å². The molecule has 0 amide bonds. The predicted molar refractivity (Wildman–Crippen MR) is 91.4 cm³/mol. The van der Waals surface area contributed by atoms with Crippen LogP contribution >= 0.6 is 0 Å². The van der Waals surface area contributed by atoms with Gasteiger partial charge in [-0.25, -0.2) is 4.85 Å². The molecule has 0 N–H and O–H groups in total. The van der Waals surface area contributed by atoms with Crippen LogP contribution in [0.15, 0.2) is 59.8 Å². The number of benzene rings is 2. The lowest BCUT2D eigenvalue weighted by molar-refractivity contribution is 1.46. The van der Waals surface area contributed by atoms with Crippen molar-refractivity contribution in [3.8, 4) is 17.2 Å². The molecule has 0 radical (unpaired) electrons. The van der Waals surface area contributed by atoms with E-state index in [1.165, 1.54) is 0 Å². The SMILES string of the molecule is [C-]#[N+]C(C)=Cc1ccc(-c2ccc(C=C(C)C#N)cc2)cc1. The number of hydrogen-bond acceptors (Lipinski definition) is 1. The molecule has 0 aliphatic heterocycles. The van der Waals surface area contributed by atoms with Crippen LogP contribution < -0.4 is 0 Å². The first kappa shape index (κ1) is 15.3. The van der Waals surface area contributed by atoms with E-state index < -0.39 is 0 Å². The maximum Gasteiger partial charge on any atom is 0.163 e. The van der Waals surface area contributed by atoms with Crippen LogP contribution in [0.25, 0.3) is 28.1 Å². The highest BCUT2D eigenvalue weighted by Gasteiger charge is 1.98. The molecule has 2 aromatic carbocycles. The minimum atomic E-state index is 0.678. The Labute approximate surface area is 131 Å². The maximum atomic E-state index is 8.79. The second-order valence-corrected chi connectivity index (χ2v) is 5.08. The molecule has 2 aromatic rings. The molecular weight excluding hydrogens is 268 g/mol. The predicted octanol–water partition coefficient (Wildman–Crippen LogP) is 5.56. The topological polar surface area (TPSA) is 28.1 Å². The van der Waals surface area contributed by atoms with Crippen molar-refractivity contribution in [2.75, 3.05) is 0 Å². The standard InChI is InChI=1S/C20H16N2/c1-15(14-21)12-17-4-8-19(9-5-17)20-10-6-18(7-11-20)13-16(2)22-3/h4-13H,1-2H3. The van der Waals surface area contributed by atoms with E-state index in [0.717, 1.165) is 22.3 Å². The molecule has 2 rings (SSSR count). The second-order valence-electron chi connectivity index (χ2n) is 5.08. The zero-order valence-electron chi connectivity index (χ0n) is 12.7. The van der Waals surface area contributed by atoms with Crippen molar-refractivity contribution < 1.29 is 0 Å². The molecule has 0 saturated heterocycles. The molecule has 0 spiro atoms. The lowest BCUT2D eigenvalue weighted by atomic mass is 10.0. The second kappa shape index (κ2) is 7.07. The molecule has 0 unspecified atom stereocenters. The summed E-state index contributed by atoms with van der Waals surface area (Å²) in [6.45, 7) is 10.5. The lowest BCUT2D eigenvalue weighted by Gasteiger charge is -2.03. The molecule has 0 heterocycles. The van der Waals surface area contributed by atoms with Crippen molar-refractivity contribution in [2.45, 2.75) is 13.8 Å². The van der Waals surface area contributed by atoms with Crippen LogP contribution in [0.1, 0.15) is 25.0 Å². The number of nitrogens with zero attached hydrogens (tertiary/aromatic N) is 2. The Bertz CT molecular complexity index is 721. The number of allylic oxidation sites excluding steroid dienone is 2. The largest absolute Gasteiger partial charge is 0.243 e. The molecule has 0 atom stereocenters. The first-order valence-electron chi connectivity index (χ1n) is 6.97. The summed E-state index contributed by atoms with van der Waals surface area (Å²) in [5.41, 5.74) is 5.68. The van der Waals surface area contributed by atoms with Gasteiger partial charge in [-0.15, -0.1) is 0 Å². The average molecular weight is 284 g/mol. The molecule has 0 aromatic heterocycles. The van der Waals surface area contributed by atoms with Crippen molar-refractivity contribution in [3.05, 3.63) is 82.3 Å². The quantitative estimate of drug-likeness (QED) is 0.535. The molecule has 0 saturated carbocycles. The van der Waals surface area contributed by atoms with Crippen LogP contribution in [-0.2, 0) is 0 Å². The molecule has 22 heavy (non-hydrogen) atoms. The molecular formula is C20H16N2. The van der Waals surface area contributed by atoms with Gasteiger partial charge in [0.15, 0.2) is 5.70 Å². The number of hydrogen-bond donors (Lipinski definition) is 0. The lowest BCUT2D eigenvalue weighted by Crippen LogP contribution is -1.80.